The summed E-state index contributed by atoms with van der Waals surface area (Å²) < 4.78 is 0. The summed E-state index contributed by atoms with van der Waals surface area (Å²) in [6.45, 7) is 2.22. The molecular weight excluding hydrogens is 284 g/mol. The Morgan fingerprint density at radius 1 is 0.773 bits per heavy atom. The first-order chi connectivity index (χ1) is 9.57. The zero-order valence-electron chi connectivity index (χ0n) is 14.2. The van der Waals surface area contributed by atoms with E-state index >= 15 is 0 Å². The maximum atomic E-state index is 10.9. The molecule has 134 valence electrons. The Labute approximate surface area is 134 Å². The standard InChI is InChI=1S/C16H30O4.2H3N/c1-2-3-4-5-6-7-8-9-10-11-12-14(16(19)20)13-15(17)18;;/h14H,2-13H2,1H3,(H,17,18)(H,19,20);2*1H3. The van der Waals surface area contributed by atoms with Crippen LogP contribution in [0.1, 0.15) is 84.0 Å². The van der Waals surface area contributed by atoms with Crippen LogP contribution in [0.25, 0.3) is 0 Å². The van der Waals surface area contributed by atoms with Gasteiger partial charge in [-0.25, -0.2) is 0 Å². The van der Waals surface area contributed by atoms with Crippen LogP contribution < -0.4 is 12.3 Å². The normalized spacial score (nSPS) is 11.1. The van der Waals surface area contributed by atoms with E-state index in [4.69, 9.17) is 10.2 Å². The molecule has 1 unspecified atom stereocenters. The highest BCUT2D eigenvalue weighted by atomic mass is 16.4. The van der Waals surface area contributed by atoms with Crippen LogP contribution in [-0.2, 0) is 9.59 Å². The van der Waals surface area contributed by atoms with Gasteiger partial charge in [-0.05, 0) is 6.42 Å². The second kappa shape index (κ2) is 17.9. The fraction of sp³-hybridized carbons (Fsp3) is 0.875. The van der Waals surface area contributed by atoms with E-state index in [2.05, 4.69) is 6.92 Å². The maximum Gasteiger partial charge on any atom is 0.307 e. The third-order valence-corrected chi connectivity index (χ3v) is 3.68. The average molecular weight is 320 g/mol. The quantitative estimate of drug-likeness (QED) is 0.338. The van der Waals surface area contributed by atoms with Crippen molar-refractivity contribution in [3.63, 3.8) is 0 Å². The van der Waals surface area contributed by atoms with Crippen molar-refractivity contribution < 1.29 is 19.8 Å². The van der Waals surface area contributed by atoms with Crippen LogP contribution in [0.2, 0.25) is 0 Å². The number of carboxylic acid groups (broad SMARTS) is 2. The van der Waals surface area contributed by atoms with E-state index in [1.54, 1.807) is 0 Å². The van der Waals surface area contributed by atoms with Crippen LogP contribution in [0.3, 0.4) is 0 Å². The number of hydrogen-bond acceptors (Lipinski definition) is 4. The van der Waals surface area contributed by atoms with Gasteiger partial charge in [-0.2, -0.15) is 0 Å². The molecule has 0 amide bonds. The largest absolute Gasteiger partial charge is 0.481 e. The number of unbranched alkanes of at least 4 members (excludes halogenated alkanes) is 9. The number of hydrogen-bond donors (Lipinski definition) is 4. The van der Waals surface area contributed by atoms with Crippen molar-refractivity contribution in [1.82, 2.24) is 12.3 Å². The molecule has 0 saturated heterocycles. The van der Waals surface area contributed by atoms with Gasteiger partial charge in [0.1, 0.15) is 0 Å². The zero-order valence-corrected chi connectivity index (χ0v) is 14.2. The first-order valence-corrected chi connectivity index (χ1v) is 8.02. The minimum Gasteiger partial charge on any atom is -0.481 e. The summed E-state index contributed by atoms with van der Waals surface area (Å²) in [6, 6.07) is 0. The number of rotatable bonds is 14. The van der Waals surface area contributed by atoms with E-state index < -0.39 is 17.9 Å². The fourth-order valence-electron chi connectivity index (χ4n) is 2.40. The Bertz CT molecular complexity index is 273. The van der Waals surface area contributed by atoms with E-state index in [0.29, 0.717) is 6.42 Å². The maximum absolute atomic E-state index is 10.9. The molecule has 0 aromatic carbocycles. The lowest BCUT2D eigenvalue weighted by Crippen LogP contribution is -2.17. The molecule has 0 radical (unpaired) electrons. The highest BCUT2D eigenvalue weighted by Gasteiger charge is 2.19. The lowest BCUT2D eigenvalue weighted by atomic mass is 9.97. The second-order valence-electron chi connectivity index (χ2n) is 5.60. The van der Waals surface area contributed by atoms with Gasteiger partial charge < -0.3 is 22.5 Å². The molecule has 0 aliphatic heterocycles. The molecule has 0 aromatic heterocycles. The predicted molar refractivity (Wildman–Crippen MR) is 89.9 cm³/mol. The van der Waals surface area contributed by atoms with Crippen LogP contribution in [0.15, 0.2) is 0 Å². The van der Waals surface area contributed by atoms with Crippen molar-refractivity contribution in [1.29, 1.82) is 0 Å². The second-order valence-corrected chi connectivity index (χ2v) is 5.60. The van der Waals surface area contributed by atoms with Crippen molar-refractivity contribution in [2.45, 2.75) is 84.0 Å². The molecule has 0 fully saturated rings. The summed E-state index contributed by atoms with van der Waals surface area (Å²) in [5.74, 6) is -2.73. The molecule has 0 rings (SSSR count). The molecule has 6 heteroatoms. The van der Waals surface area contributed by atoms with E-state index in [1.807, 2.05) is 0 Å². The molecule has 1 atom stereocenters. The molecular formula is C16H36N2O4. The highest BCUT2D eigenvalue weighted by Crippen LogP contribution is 2.16. The molecule has 0 spiro atoms. The van der Waals surface area contributed by atoms with Crippen molar-refractivity contribution >= 4 is 11.9 Å². The summed E-state index contributed by atoms with van der Waals surface area (Å²) in [4.78, 5) is 21.4. The Balaban J connectivity index is -0.00000180. The van der Waals surface area contributed by atoms with Crippen LogP contribution in [0.5, 0.6) is 0 Å². The van der Waals surface area contributed by atoms with Gasteiger partial charge >= 0.3 is 11.9 Å². The van der Waals surface area contributed by atoms with Crippen molar-refractivity contribution in [3.8, 4) is 0 Å². The minimum atomic E-state index is -1.02. The van der Waals surface area contributed by atoms with E-state index in [1.165, 1.54) is 44.9 Å². The number of aliphatic carboxylic acids is 2. The Morgan fingerprint density at radius 2 is 1.18 bits per heavy atom. The molecule has 0 heterocycles. The van der Waals surface area contributed by atoms with Gasteiger partial charge in [0.25, 0.3) is 0 Å². The molecule has 22 heavy (non-hydrogen) atoms. The van der Waals surface area contributed by atoms with Gasteiger partial charge in [0.15, 0.2) is 0 Å². The first-order valence-electron chi connectivity index (χ1n) is 8.02. The SMILES string of the molecule is CCCCCCCCCCCCC(CC(=O)O)C(=O)O.N.N. The number of carboxylic acids is 2. The Hall–Kier alpha value is -1.14. The topological polar surface area (TPSA) is 145 Å². The van der Waals surface area contributed by atoms with Gasteiger partial charge in [-0.3, -0.25) is 9.59 Å². The van der Waals surface area contributed by atoms with Gasteiger partial charge in [-0.15, -0.1) is 0 Å². The molecule has 6 nitrogen and oxygen atoms in total. The molecule has 8 N–H and O–H groups in total. The van der Waals surface area contributed by atoms with Gasteiger partial charge in [-0.1, -0.05) is 71.1 Å². The molecule has 0 saturated carbocycles. The van der Waals surface area contributed by atoms with Gasteiger partial charge in [0.2, 0.25) is 0 Å². The van der Waals surface area contributed by atoms with E-state index in [-0.39, 0.29) is 18.7 Å². The third-order valence-electron chi connectivity index (χ3n) is 3.68. The Kier molecular flexibility index (Phi) is 21.0. The summed E-state index contributed by atoms with van der Waals surface area (Å²) in [5.41, 5.74) is 0. The molecule has 0 aliphatic carbocycles. The van der Waals surface area contributed by atoms with Crippen LogP contribution in [-0.4, -0.2) is 22.2 Å². The zero-order chi connectivity index (χ0) is 15.2. The average Bonchev–Trinajstić information content (AvgIpc) is 2.39. The van der Waals surface area contributed by atoms with Crippen molar-refractivity contribution in [2.75, 3.05) is 0 Å². The smallest absolute Gasteiger partial charge is 0.307 e. The minimum absolute atomic E-state index is 0. The predicted octanol–water partition coefficient (Wildman–Crippen LogP) is 4.80. The third kappa shape index (κ3) is 16.9. The monoisotopic (exact) mass is 320 g/mol. The molecule has 0 bridgehead atoms. The summed E-state index contributed by atoms with van der Waals surface area (Å²) in [6.07, 6.45) is 12.2. The Morgan fingerprint density at radius 3 is 1.55 bits per heavy atom. The lowest BCUT2D eigenvalue weighted by Gasteiger charge is -2.09. The van der Waals surface area contributed by atoms with E-state index in [9.17, 15) is 9.59 Å². The van der Waals surface area contributed by atoms with Gasteiger partial charge in [0, 0.05) is 0 Å². The molecule has 0 aliphatic rings. The van der Waals surface area contributed by atoms with Crippen LogP contribution >= 0.6 is 0 Å². The van der Waals surface area contributed by atoms with Crippen LogP contribution in [0, 0.1) is 5.92 Å². The highest BCUT2D eigenvalue weighted by molar-refractivity contribution is 5.77. The summed E-state index contributed by atoms with van der Waals surface area (Å²) in [7, 11) is 0. The summed E-state index contributed by atoms with van der Waals surface area (Å²) >= 11 is 0. The lowest BCUT2D eigenvalue weighted by molar-refractivity contribution is -0.148. The van der Waals surface area contributed by atoms with Crippen molar-refractivity contribution in [2.24, 2.45) is 5.92 Å². The van der Waals surface area contributed by atoms with E-state index in [0.717, 1.165) is 19.3 Å². The summed E-state index contributed by atoms with van der Waals surface area (Å²) in [5, 5.41) is 17.5. The van der Waals surface area contributed by atoms with Crippen LogP contribution in [0.4, 0.5) is 0 Å². The fourth-order valence-corrected chi connectivity index (χ4v) is 2.40. The van der Waals surface area contributed by atoms with Crippen molar-refractivity contribution in [3.05, 3.63) is 0 Å². The number of carbonyl (C=O) groups is 2. The van der Waals surface area contributed by atoms with Gasteiger partial charge in [0.05, 0.1) is 12.3 Å². The first kappa shape index (κ1) is 25.8. The molecule has 0 aromatic rings.